The van der Waals surface area contributed by atoms with Gasteiger partial charge in [-0.25, -0.2) is 4.39 Å². The predicted molar refractivity (Wildman–Crippen MR) is 133 cm³/mol. The molecule has 1 aromatic carbocycles. The van der Waals surface area contributed by atoms with Crippen LogP contribution in [0.15, 0.2) is 18.2 Å². The second-order valence-electron chi connectivity index (χ2n) is 11.8. The van der Waals surface area contributed by atoms with Crippen molar-refractivity contribution in [1.82, 2.24) is 0 Å². The van der Waals surface area contributed by atoms with Gasteiger partial charge in [0.25, 0.3) is 0 Å². The summed E-state index contributed by atoms with van der Waals surface area (Å²) in [5.41, 5.74) is 0.812. The SMILES string of the molecule is CCCCCCCC1CCC2CC(C3CCC(c4ccc(OC(F)(F)F)c(F)c4)CC3)CCC2C1. The second kappa shape index (κ2) is 12.3. The smallest absolute Gasteiger partial charge is 0.403 e. The Bertz CT molecular complexity index is 783. The van der Waals surface area contributed by atoms with Crippen molar-refractivity contribution in [3.8, 4) is 5.75 Å². The van der Waals surface area contributed by atoms with Crippen molar-refractivity contribution in [2.24, 2.45) is 29.6 Å². The molecule has 0 amide bonds. The van der Waals surface area contributed by atoms with Crippen LogP contribution in [-0.2, 0) is 0 Å². The van der Waals surface area contributed by atoms with Crippen LogP contribution in [0.25, 0.3) is 0 Å². The summed E-state index contributed by atoms with van der Waals surface area (Å²) in [6.45, 7) is 2.28. The third-order valence-corrected chi connectivity index (χ3v) is 9.57. The maximum absolute atomic E-state index is 14.2. The van der Waals surface area contributed by atoms with Gasteiger partial charge in [-0.1, -0.05) is 57.9 Å². The van der Waals surface area contributed by atoms with Gasteiger partial charge in [-0.2, -0.15) is 0 Å². The van der Waals surface area contributed by atoms with Gasteiger partial charge in [-0.3, -0.25) is 0 Å². The molecule has 0 spiro atoms. The fraction of sp³-hybridized carbons (Fsp3) is 0.800. The Labute approximate surface area is 209 Å². The molecule has 1 aromatic rings. The molecule has 0 bridgehead atoms. The minimum absolute atomic E-state index is 0.241. The molecule has 3 saturated carbocycles. The number of rotatable bonds is 9. The Balaban J connectivity index is 1.20. The molecule has 0 heterocycles. The van der Waals surface area contributed by atoms with E-state index in [1.807, 2.05) is 0 Å². The second-order valence-corrected chi connectivity index (χ2v) is 11.8. The van der Waals surface area contributed by atoms with E-state index in [1.165, 1.54) is 83.1 Å². The molecule has 3 aliphatic carbocycles. The molecule has 0 radical (unpaired) electrons. The van der Waals surface area contributed by atoms with E-state index in [9.17, 15) is 17.6 Å². The number of hydrogen-bond acceptors (Lipinski definition) is 1. The van der Waals surface area contributed by atoms with Crippen LogP contribution in [0.2, 0.25) is 0 Å². The third-order valence-electron chi connectivity index (χ3n) is 9.57. The van der Waals surface area contributed by atoms with E-state index < -0.39 is 17.9 Å². The van der Waals surface area contributed by atoms with Gasteiger partial charge in [0.2, 0.25) is 0 Å². The van der Waals surface area contributed by atoms with Crippen LogP contribution in [0.3, 0.4) is 0 Å². The minimum atomic E-state index is -4.87. The van der Waals surface area contributed by atoms with Gasteiger partial charge in [0.1, 0.15) is 0 Å². The summed E-state index contributed by atoms with van der Waals surface area (Å²) in [7, 11) is 0. The first-order valence-corrected chi connectivity index (χ1v) is 14.4. The zero-order chi connectivity index (χ0) is 24.8. The van der Waals surface area contributed by atoms with E-state index in [2.05, 4.69) is 11.7 Å². The van der Waals surface area contributed by atoms with Crippen molar-refractivity contribution in [3.63, 3.8) is 0 Å². The van der Waals surface area contributed by atoms with Crippen LogP contribution in [0.1, 0.15) is 121 Å². The Hall–Kier alpha value is -1.26. The highest BCUT2D eigenvalue weighted by Gasteiger charge is 2.39. The first-order chi connectivity index (χ1) is 16.8. The number of ether oxygens (including phenoxy) is 1. The number of fused-ring (bicyclic) bond motifs is 1. The molecule has 3 aliphatic rings. The number of halogens is 4. The zero-order valence-electron chi connectivity index (χ0n) is 21.4. The fourth-order valence-electron chi connectivity index (χ4n) is 7.65. The van der Waals surface area contributed by atoms with Crippen LogP contribution in [0.4, 0.5) is 17.6 Å². The summed E-state index contributed by atoms with van der Waals surface area (Å²) in [4.78, 5) is 0. The van der Waals surface area contributed by atoms with Crippen LogP contribution in [0.5, 0.6) is 5.75 Å². The lowest BCUT2D eigenvalue weighted by atomic mass is 9.60. The fourth-order valence-corrected chi connectivity index (χ4v) is 7.65. The van der Waals surface area contributed by atoms with Gasteiger partial charge in [0.15, 0.2) is 11.6 Å². The Morgan fingerprint density at radius 2 is 1.40 bits per heavy atom. The van der Waals surface area contributed by atoms with E-state index in [1.54, 1.807) is 6.07 Å². The molecule has 35 heavy (non-hydrogen) atoms. The third kappa shape index (κ3) is 7.61. The lowest BCUT2D eigenvalue weighted by Crippen LogP contribution is -2.34. The van der Waals surface area contributed by atoms with Crippen LogP contribution >= 0.6 is 0 Å². The van der Waals surface area contributed by atoms with Crippen molar-refractivity contribution in [2.75, 3.05) is 0 Å². The minimum Gasteiger partial charge on any atom is -0.403 e. The molecule has 198 valence electrons. The van der Waals surface area contributed by atoms with Crippen LogP contribution in [-0.4, -0.2) is 6.36 Å². The summed E-state index contributed by atoms with van der Waals surface area (Å²) in [5, 5.41) is 0. The first-order valence-electron chi connectivity index (χ1n) is 14.4. The summed E-state index contributed by atoms with van der Waals surface area (Å²) < 4.78 is 55.2. The standard InChI is InChI=1S/C30H44F4O/c1-2-3-4-5-6-7-21-8-9-26-19-25(15-14-24(26)18-21)22-10-12-23(13-11-22)27-16-17-29(28(31)20-27)35-30(32,33)34/h16-17,20-26H,2-15,18-19H2,1H3. The average Bonchev–Trinajstić information content (AvgIpc) is 2.84. The van der Waals surface area contributed by atoms with Gasteiger partial charge < -0.3 is 4.74 Å². The predicted octanol–water partition coefficient (Wildman–Crippen LogP) is 10.2. The van der Waals surface area contributed by atoms with Gasteiger partial charge in [0.05, 0.1) is 0 Å². The van der Waals surface area contributed by atoms with Gasteiger partial charge in [-0.15, -0.1) is 13.2 Å². The lowest BCUT2D eigenvalue weighted by molar-refractivity contribution is -0.275. The lowest BCUT2D eigenvalue weighted by Gasteiger charge is -2.45. The first kappa shape index (κ1) is 26.8. The van der Waals surface area contributed by atoms with Crippen molar-refractivity contribution in [1.29, 1.82) is 0 Å². The molecule has 0 aliphatic heterocycles. The van der Waals surface area contributed by atoms with Crippen molar-refractivity contribution in [3.05, 3.63) is 29.6 Å². The molecule has 0 saturated heterocycles. The number of hydrogen-bond donors (Lipinski definition) is 0. The van der Waals surface area contributed by atoms with E-state index in [0.29, 0.717) is 0 Å². The van der Waals surface area contributed by atoms with E-state index in [4.69, 9.17) is 0 Å². The molecular weight excluding hydrogens is 452 g/mol. The van der Waals surface area contributed by atoms with E-state index in [0.717, 1.165) is 66.9 Å². The number of benzene rings is 1. The largest absolute Gasteiger partial charge is 0.573 e. The van der Waals surface area contributed by atoms with Crippen molar-refractivity contribution < 1.29 is 22.3 Å². The topological polar surface area (TPSA) is 9.23 Å². The Morgan fingerprint density at radius 3 is 2.09 bits per heavy atom. The van der Waals surface area contributed by atoms with Crippen molar-refractivity contribution >= 4 is 0 Å². The van der Waals surface area contributed by atoms with Crippen LogP contribution in [0, 0.1) is 35.4 Å². The molecule has 0 aromatic heterocycles. The number of alkyl halides is 3. The van der Waals surface area contributed by atoms with Gasteiger partial charge >= 0.3 is 6.36 Å². The monoisotopic (exact) mass is 496 g/mol. The maximum atomic E-state index is 14.2. The average molecular weight is 497 g/mol. The van der Waals surface area contributed by atoms with E-state index >= 15 is 0 Å². The molecular formula is C30H44F4O. The Kier molecular flexibility index (Phi) is 9.43. The summed E-state index contributed by atoms with van der Waals surface area (Å²) in [5.74, 6) is 3.04. The molecule has 4 rings (SSSR count). The molecule has 4 unspecified atom stereocenters. The summed E-state index contributed by atoms with van der Waals surface area (Å²) in [6.07, 6.45) is 16.4. The quantitative estimate of drug-likeness (QED) is 0.244. The maximum Gasteiger partial charge on any atom is 0.573 e. The van der Waals surface area contributed by atoms with Crippen molar-refractivity contribution in [2.45, 2.75) is 122 Å². The molecule has 3 fully saturated rings. The highest BCUT2D eigenvalue weighted by molar-refractivity contribution is 5.31. The summed E-state index contributed by atoms with van der Waals surface area (Å²) >= 11 is 0. The van der Waals surface area contributed by atoms with Crippen LogP contribution < -0.4 is 4.74 Å². The highest BCUT2D eigenvalue weighted by atomic mass is 19.4. The van der Waals surface area contributed by atoms with E-state index in [-0.39, 0.29) is 5.92 Å². The number of unbranched alkanes of at least 4 members (excludes halogenated alkanes) is 4. The molecule has 4 atom stereocenters. The molecule has 1 nitrogen and oxygen atoms in total. The zero-order valence-corrected chi connectivity index (χ0v) is 21.4. The highest BCUT2D eigenvalue weighted by Crippen LogP contribution is 2.50. The van der Waals surface area contributed by atoms with Gasteiger partial charge in [0, 0.05) is 0 Å². The molecule has 5 heteroatoms. The Morgan fingerprint density at radius 1 is 0.771 bits per heavy atom. The summed E-state index contributed by atoms with van der Waals surface area (Å²) in [6, 6.07) is 4.00. The van der Waals surface area contributed by atoms with Gasteiger partial charge in [-0.05, 0) is 111 Å². The normalized spacial score (nSPS) is 31.7. The molecule has 0 N–H and O–H groups in total.